The molecule has 1 unspecified atom stereocenters. The fourth-order valence-corrected chi connectivity index (χ4v) is 2.17. The minimum Gasteiger partial charge on any atom is -0.478 e. The Labute approximate surface area is 134 Å². The lowest BCUT2D eigenvalue weighted by atomic mass is 9.93. The topological polar surface area (TPSA) is 89.9 Å². The van der Waals surface area contributed by atoms with E-state index in [4.69, 9.17) is 5.11 Å². The Kier molecular flexibility index (Phi) is 6.99. The first-order valence-electron chi connectivity index (χ1n) is 7.06. The van der Waals surface area contributed by atoms with Crippen LogP contribution in [-0.4, -0.2) is 37.2 Å². The van der Waals surface area contributed by atoms with Crippen molar-refractivity contribution in [2.45, 2.75) is 19.8 Å². The highest BCUT2D eigenvalue weighted by Gasteiger charge is 2.16. The standard InChI is InChI=1S/C17H20O6/c1-11(8-12-4-6-13(7-5-12)16(19)20)9-14(17(21)23-3)10-15(18)22-2/h4-7,10-11H,8-9H2,1-3H3,(H,19,20)/b14-10-. The van der Waals surface area contributed by atoms with Gasteiger partial charge in [-0.2, -0.15) is 0 Å². The maximum absolute atomic E-state index is 11.7. The predicted octanol–water partition coefficient (Wildman–Crippen LogP) is 2.23. The van der Waals surface area contributed by atoms with E-state index in [2.05, 4.69) is 9.47 Å². The third-order valence-corrected chi connectivity index (χ3v) is 3.29. The quantitative estimate of drug-likeness (QED) is 0.612. The molecule has 0 aliphatic carbocycles. The molecule has 0 bridgehead atoms. The second kappa shape index (κ2) is 8.73. The summed E-state index contributed by atoms with van der Waals surface area (Å²) < 4.78 is 9.20. The summed E-state index contributed by atoms with van der Waals surface area (Å²) in [6.45, 7) is 1.93. The van der Waals surface area contributed by atoms with Crippen LogP contribution in [0.3, 0.4) is 0 Å². The van der Waals surface area contributed by atoms with Gasteiger partial charge in [0.15, 0.2) is 0 Å². The molecule has 0 aliphatic heterocycles. The minimum absolute atomic E-state index is 0.0562. The summed E-state index contributed by atoms with van der Waals surface area (Å²) in [5, 5.41) is 8.87. The number of benzene rings is 1. The second-order valence-corrected chi connectivity index (χ2v) is 5.20. The van der Waals surface area contributed by atoms with Gasteiger partial charge >= 0.3 is 17.9 Å². The van der Waals surface area contributed by atoms with Crippen LogP contribution in [0.2, 0.25) is 0 Å². The molecule has 124 valence electrons. The van der Waals surface area contributed by atoms with E-state index in [1.165, 1.54) is 26.4 Å². The number of ether oxygens (including phenoxy) is 2. The molecule has 6 heteroatoms. The molecule has 0 heterocycles. The second-order valence-electron chi connectivity index (χ2n) is 5.20. The van der Waals surface area contributed by atoms with Gasteiger partial charge in [-0.1, -0.05) is 19.1 Å². The van der Waals surface area contributed by atoms with Crippen molar-refractivity contribution in [1.29, 1.82) is 0 Å². The smallest absolute Gasteiger partial charge is 0.335 e. The van der Waals surface area contributed by atoms with Gasteiger partial charge in [-0.15, -0.1) is 0 Å². The maximum Gasteiger partial charge on any atom is 0.335 e. The minimum atomic E-state index is -0.974. The van der Waals surface area contributed by atoms with Crippen molar-refractivity contribution in [1.82, 2.24) is 0 Å². The zero-order valence-electron chi connectivity index (χ0n) is 13.4. The fraction of sp³-hybridized carbons (Fsp3) is 0.353. The molecule has 0 aliphatic rings. The number of esters is 2. The summed E-state index contributed by atoms with van der Waals surface area (Å²) in [5.74, 6) is -2.09. The van der Waals surface area contributed by atoms with E-state index in [9.17, 15) is 14.4 Å². The third-order valence-electron chi connectivity index (χ3n) is 3.29. The van der Waals surface area contributed by atoms with Crippen molar-refractivity contribution >= 4 is 17.9 Å². The summed E-state index contributed by atoms with van der Waals surface area (Å²) in [4.78, 5) is 33.8. The monoisotopic (exact) mass is 320 g/mol. The van der Waals surface area contributed by atoms with Gasteiger partial charge in [0.25, 0.3) is 0 Å². The van der Waals surface area contributed by atoms with Gasteiger partial charge < -0.3 is 14.6 Å². The van der Waals surface area contributed by atoms with Crippen LogP contribution in [0.25, 0.3) is 0 Å². The van der Waals surface area contributed by atoms with Crippen molar-refractivity contribution in [2.24, 2.45) is 5.92 Å². The van der Waals surface area contributed by atoms with Crippen LogP contribution < -0.4 is 0 Å². The van der Waals surface area contributed by atoms with Gasteiger partial charge in [-0.3, -0.25) is 0 Å². The normalized spacial score (nSPS) is 12.4. The number of methoxy groups -OCH3 is 2. The molecule has 1 atom stereocenters. The molecule has 0 saturated heterocycles. The van der Waals surface area contributed by atoms with Gasteiger partial charge in [0.05, 0.1) is 19.8 Å². The Morgan fingerprint density at radius 1 is 1.13 bits per heavy atom. The number of hydrogen-bond acceptors (Lipinski definition) is 5. The largest absolute Gasteiger partial charge is 0.478 e. The van der Waals surface area contributed by atoms with Crippen LogP contribution in [-0.2, 0) is 25.5 Å². The Morgan fingerprint density at radius 2 is 1.74 bits per heavy atom. The summed E-state index contributed by atoms with van der Waals surface area (Å²) in [6.07, 6.45) is 2.12. The summed E-state index contributed by atoms with van der Waals surface area (Å²) >= 11 is 0. The summed E-state index contributed by atoms with van der Waals surface area (Å²) in [6, 6.07) is 6.55. The Hall–Kier alpha value is -2.63. The number of rotatable bonds is 7. The van der Waals surface area contributed by atoms with Crippen LogP contribution in [0.15, 0.2) is 35.9 Å². The Morgan fingerprint density at radius 3 is 2.22 bits per heavy atom. The van der Waals surface area contributed by atoms with Crippen molar-refractivity contribution < 1.29 is 29.0 Å². The van der Waals surface area contributed by atoms with E-state index >= 15 is 0 Å². The predicted molar refractivity (Wildman–Crippen MR) is 83.0 cm³/mol. The molecule has 0 radical (unpaired) electrons. The lowest BCUT2D eigenvalue weighted by molar-refractivity contribution is -0.138. The van der Waals surface area contributed by atoms with Crippen LogP contribution >= 0.6 is 0 Å². The first-order chi connectivity index (χ1) is 10.9. The SMILES string of the molecule is COC(=O)/C=C(/CC(C)Cc1ccc(C(=O)O)cc1)C(=O)OC. The molecule has 1 N–H and O–H groups in total. The first-order valence-corrected chi connectivity index (χ1v) is 7.06. The van der Waals surface area contributed by atoms with Crippen LogP contribution in [0.4, 0.5) is 0 Å². The molecular formula is C17H20O6. The fourth-order valence-electron chi connectivity index (χ4n) is 2.17. The molecule has 1 rings (SSSR count). The van der Waals surface area contributed by atoms with Crippen LogP contribution in [0.1, 0.15) is 29.3 Å². The molecule has 0 amide bonds. The highest BCUT2D eigenvalue weighted by molar-refractivity contribution is 5.96. The van der Waals surface area contributed by atoms with Crippen molar-refractivity contribution in [3.05, 3.63) is 47.0 Å². The van der Waals surface area contributed by atoms with Gasteiger partial charge in [-0.05, 0) is 36.5 Å². The molecule has 0 fully saturated rings. The number of carboxylic acids is 1. The van der Waals surface area contributed by atoms with E-state index in [0.29, 0.717) is 12.8 Å². The zero-order chi connectivity index (χ0) is 17.4. The molecule has 1 aromatic carbocycles. The van der Waals surface area contributed by atoms with E-state index in [0.717, 1.165) is 11.6 Å². The number of aromatic carboxylic acids is 1. The average molecular weight is 320 g/mol. The van der Waals surface area contributed by atoms with Gasteiger partial charge in [0, 0.05) is 11.6 Å². The molecule has 0 saturated carbocycles. The summed E-state index contributed by atoms with van der Waals surface area (Å²) in [5.41, 5.74) is 1.42. The lowest BCUT2D eigenvalue weighted by Crippen LogP contribution is -2.12. The molecule has 0 spiro atoms. The van der Waals surface area contributed by atoms with Crippen molar-refractivity contribution in [2.75, 3.05) is 14.2 Å². The van der Waals surface area contributed by atoms with Crippen molar-refractivity contribution in [3.8, 4) is 0 Å². The average Bonchev–Trinajstić information content (AvgIpc) is 2.53. The molecule has 23 heavy (non-hydrogen) atoms. The van der Waals surface area contributed by atoms with E-state index in [1.807, 2.05) is 6.92 Å². The lowest BCUT2D eigenvalue weighted by Gasteiger charge is -2.13. The first kappa shape index (κ1) is 18.4. The zero-order valence-corrected chi connectivity index (χ0v) is 13.4. The Balaban J connectivity index is 2.77. The molecule has 0 aromatic heterocycles. The van der Waals surface area contributed by atoms with Crippen LogP contribution in [0.5, 0.6) is 0 Å². The highest BCUT2D eigenvalue weighted by atomic mass is 16.5. The molecule has 6 nitrogen and oxygen atoms in total. The Bertz CT molecular complexity index is 600. The number of carbonyl (C=O) groups excluding carboxylic acids is 2. The van der Waals surface area contributed by atoms with E-state index in [-0.39, 0.29) is 17.1 Å². The van der Waals surface area contributed by atoms with Gasteiger partial charge in [-0.25, -0.2) is 14.4 Å². The molecule has 1 aromatic rings. The van der Waals surface area contributed by atoms with Gasteiger partial charge in [0.2, 0.25) is 0 Å². The maximum atomic E-state index is 11.7. The number of carboxylic acid groups (broad SMARTS) is 1. The third kappa shape index (κ3) is 5.94. The molecular weight excluding hydrogens is 300 g/mol. The van der Waals surface area contributed by atoms with E-state index < -0.39 is 17.9 Å². The number of carbonyl (C=O) groups is 3. The van der Waals surface area contributed by atoms with E-state index in [1.54, 1.807) is 12.1 Å². The van der Waals surface area contributed by atoms with Gasteiger partial charge in [0.1, 0.15) is 0 Å². The summed E-state index contributed by atoms with van der Waals surface area (Å²) in [7, 11) is 2.49. The number of hydrogen-bond donors (Lipinski definition) is 1. The van der Waals surface area contributed by atoms with Crippen LogP contribution in [0, 0.1) is 5.92 Å². The van der Waals surface area contributed by atoms with Crippen molar-refractivity contribution in [3.63, 3.8) is 0 Å². The highest BCUT2D eigenvalue weighted by Crippen LogP contribution is 2.18.